The molecular weight excluding hydrogens is 286 g/mol. The fraction of sp³-hybridized carbons (Fsp3) is 0.143. The van der Waals surface area contributed by atoms with Crippen molar-refractivity contribution in [3.63, 3.8) is 0 Å². The summed E-state index contributed by atoms with van der Waals surface area (Å²) in [6.45, 7) is 0.775. The second-order valence-electron chi connectivity index (χ2n) is 4.41. The van der Waals surface area contributed by atoms with Crippen LogP contribution in [0, 0.1) is 10.1 Å². The minimum atomic E-state index is -0.515. The molecule has 1 amide bonds. The molecule has 0 aliphatic rings. The van der Waals surface area contributed by atoms with Crippen LogP contribution in [0.2, 0.25) is 0 Å². The van der Waals surface area contributed by atoms with Crippen LogP contribution in [0.4, 0.5) is 17.2 Å². The minimum Gasteiger partial charge on any atom is -0.351 e. The number of nitrogens with zero attached hydrogens (tertiary/aromatic N) is 2. The number of hydrogen-bond acceptors (Lipinski definition) is 6. The van der Waals surface area contributed by atoms with Crippen molar-refractivity contribution in [2.45, 2.75) is 0 Å². The van der Waals surface area contributed by atoms with Gasteiger partial charge in [-0.15, -0.1) is 0 Å². The van der Waals surface area contributed by atoms with Gasteiger partial charge < -0.3 is 16.4 Å². The molecule has 2 rings (SSSR count). The summed E-state index contributed by atoms with van der Waals surface area (Å²) < 4.78 is 0. The molecule has 8 nitrogen and oxygen atoms in total. The molecule has 0 atom stereocenters. The molecule has 4 N–H and O–H groups in total. The number of amides is 1. The van der Waals surface area contributed by atoms with Crippen LogP contribution in [0.3, 0.4) is 0 Å². The number of benzene rings is 1. The molecule has 2 aromatic rings. The van der Waals surface area contributed by atoms with Crippen molar-refractivity contribution < 1.29 is 9.72 Å². The standard InChI is InChI=1S/C14H15N5O3/c15-6-7-16-14(20)10-2-1-3-11(8-10)18-13-5-4-12(9-17-13)19(21)22/h1-5,8-9H,6-7,15H2,(H,16,20)(H,17,18). The Morgan fingerprint density at radius 3 is 2.77 bits per heavy atom. The Hall–Kier alpha value is -3.00. The molecule has 0 bridgehead atoms. The van der Waals surface area contributed by atoms with E-state index in [1.807, 2.05) is 0 Å². The molecule has 0 aliphatic carbocycles. The average molecular weight is 301 g/mol. The lowest BCUT2D eigenvalue weighted by molar-refractivity contribution is -0.385. The van der Waals surface area contributed by atoms with Crippen molar-refractivity contribution in [2.75, 3.05) is 18.4 Å². The first kappa shape index (κ1) is 15.4. The number of anilines is 2. The monoisotopic (exact) mass is 301 g/mol. The van der Waals surface area contributed by atoms with Gasteiger partial charge in [0, 0.05) is 30.4 Å². The number of nitrogens with two attached hydrogens (primary N) is 1. The summed E-state index contributed by atoms with van der Waals surface area (Å²) in [6.07, 6.45) is 1.17. The van der Waals surface area contributed by atoms with Gasteiger partial charge in [0.2, 0.25) is 0 Å². The van der Waals surface area contributed by atoms with Crippen LogP contribution in [0.1, 0.15) is 10.4 Å². The van der Waals surface area contributed by atoms with Gasteiger partial charge in [0.1, 0.15) is 12.0 Å². The molecule has 1 heterocycles. The predicted octanol–water partition coefficient (Wildman–Crippen LogP) is 1.42. The second kappa shape index (κ2) is 7.14. The van der Waals surface area contributed by atoms with Crippen LogP contribution < -0.4 is 16.4 Å². The topological polar surface area (TPSA) is 123 Å². The van der Waals surface area contributed by atoms with Crippen molar-refractivity contribution in [1.29, 1.82) is 0 Å². The Kier molecular flexibility index (Phi) is 4.99. The van der Waals surface area contributed by atoms with E-state index in [4.69, 9.17) is 5.73 Å². The molecule has 0 saturated carbocycles. The third kappa shape index (κ3) is 4.00. The van der Waals surface area contributed by atoms with Gasteiger partial charge in [-0.2, -0.15) is 0 Å². The van der Waals surface area contributed by atoms with Crippen molar-refractivity contribution in [3.05, 3.63) is 58.3 Å². The largest absolute Gasteiger partial charge is 0.351 e. The molecular formula is C14H15N5O3. The quantitative estimate of drug-likeness (QED) is 0.547. The number of nitro groups is 1. The van der Waals surface area contributed by atoms with Crippen LogP contribution in [-0.2, 0) is 0 Å². The first-order valence-electron chi connectivity index (χ1n) is 6.56. The minimum absolute atomic E-state index is 0.0829. The molecule has 1 aromatic heterocycles. The lowest BCUT2D eigenvalue weighted by atomic mass is 10.2. The Bertz CT molecular complexity index is 672. The summed E-state index contributed by atoms with van der Waals surface area (Å²) in [7, 11) is 0. The van der Waals surface area contributed by atoms with Gasteiger partial charge in [-0.3, -0.25) is 14.9 Å². The zero-order valence-corrected chi connectivity index (χ0v) is 11.7. The lowest BCUT2D eigenvalue weighted by Gasteiger charge is -2.08. The van der Waals surface area contributed by atoms with Crippen molar-refractivity contribution in [3.8, 4) is 0 Å². The second-order valence-corrected chi connectivity index (χ2v) is 4.41. The van der Waals surface area contributed by atoms with Gasteiger partial charge in [-0.25, -0.2) is 4.98 Å². The molecule has 0 unspecified atom stereocenters. The van der Waals surface area contributed by atoms with Gasteiger partial charge in [-0.1, -0.05) is 6.07 Å². The molecule has 1 aromatic carbocycles. The van der Waals surface area contributed by atoms with Gasteiger partial charge in [-0.05, 0) is 24.3 Å². The van der Waals surface area contributed by atoms with Gasteiger partial charge in [0.25, 0.3) is 11.6 Å². The van der Waals surface area contributed by atoms with Gasteiger partial charge >= 0.3 is 0 Å². The summed E-state index contributed by atoms with van der Waals surface area (Å²) in [5.41, 5.74) is 6.40. The Morgan fingerprint density at radius 2 is 2.14 bits per heavy atom. The molecule has 0 fully saturated rings. The third-order valence-corrected chi connectivity index (χ3v) is 2.79. The normalized spacial score (nSPS) is 10.0. The Labute approximate surface area is 126 Å². The Morgan fingerprint density at radius 1 is 1.32 bits per heavy atom. The van der Waals surface area contributed by atoms with Crippen LogP contribution in [0.25, 0.3) is 0 Å². The smallest absolute Gasteiger partial charge is 0.287 e. The number of hydrogen-bond donors (Lipinski definition) is 3. The highest BCUT2D eigenvalue weighted by Crippen LogP contribution is 2.18. The van der Waals surface area contributed by atoms with E-state index in [0.717, 1.165) is 0 Å². The summed E-state index contributed by atoms with van der Waals surface area (Å²) >= 11 is 0. The fourth-order valence-corrected chi connectivity index (χ4v) is 1.74. The van der Waals surface area contributed by atoms with Crippen molar-refractivity contribution in [1.82, 2.24) is 10.3 Å². The van der Waals surface area contributed by atoms with E-state index in [-0.39, 0.29) is 11.6 Å². The van der Waals surface area contributed by atoms with E-state index in [1.165, 1.54) is 18.3 Å². The number of pyridine rings is 1. The maximum Gasteiger partial charge on any atom is 0.287 e. The fourth-order valence-electron chi connectivity index (χ4n) is 1.74. The van der Waals surface area contributed by atoms with Crippen molar-refractivity contribution in [2.24, 2.45) is 5.73 Å². The zero-order chi connectivity index (χ0) is 15.9. The highest BCUT2D eigenvalue weighted by Gasteiger charge is 2.07. The van der Waals surface area contributed by atoms with E-state index in [0.29, 0.717) is 30.2 Å². The predicted molar refractivity (Wildman–Crippen MR) is 82.0 cm³/mol. The number of rotatable bonds is 6. The highest BCUT2D eigenvalue weighted by molar-refractivity contribution is 5.95. The molecule has 0 radical (unpaired) electrons. The third-order valence-electron chi connectivity index (χ3n) is 2.79. The lowest BCUT2D eigenvalue weighted by Crippen LogP contribution is -2.28. The summed E-state index contributed by atoms with van der Waals surface area (Å²) in [4.78, 5) is 25.8. The molecule has 0 aliphatic heterocycles. The first-order valence-corrected chi connectivity index (χ1v) is 6.56. The van der Waals surface area contributed by atoms with Crippen molar-refractivity contribution >= 4 is 23.1 Å². The van der Waals surface area contributed by atoms with E-state index >= 15 is 0 Å². The zero-order valence-electron chi connectivity index (χ0n) is 11.7. The van der Waals surface area contributed by atoms with Gasteiger partial charge in [0.05, 0.1) is 4.92 Å². The molecule has 0 saturated heterocycles. The summed E-state index contributed by atoms with van der Waals surface area (Å²) in [5, 5.41) is 16.2. The van der Waals surface area contributed by atoms with E-state index in [9.17, 15) is 14.9 Å². The molecule has 22 heavy (non-hydrogen) atoms. The number of aromatic nitrogens is 1. The maximum atomic E-state index is 11.8. The first-order chi connectivity index (χ1) is 10.6. The number of carbonyl (C=O) groups is 1. The summed E-state index contributed by atoms with van der Waals surface area (Å²) in [6, 6.07) is 9.69. The van der Waals surface area contributed by atoms with Crippen LogP contribution in [-0.4, -0.2) is 28.9 Å². The number of nitrogens with one attached hydrogen (secondary N) is 2. The Balaban J connectivity index is 2.09. The molecule has 0 spiro atoms. The van der Waals surface area contributed by atoms with E-state index in [2.05, 4.69) is 15.6 Å². The summed E-state index contributed by atoms with van der Waals surface area (Å²) in [5.74, 6) is 0.232. The van der Waals surface area contributed by atoms with E-state index in [1.54, 1.807) is 24.3 Å². The SMILES string of the molecule is NCCNC(=O)c1cccc(Nc2ccc([N+](=O)[O-])cn2)c1. The van der Waals surface area contributed by atoms with E-state index < -0.39 is 4.92 Å². The van der Waals surface area contributed by atoms with Crippen LogP contribution >= 0.6 is 0 Å². The van der Waals surface area contributed by atoms with Crippen LogP contribution in [0.15, 0.2) is 42.6 Å². The molecule has 114 valence electrons. The average Bonchev–Trinajstić information content (AvgIpc) is 2.53. The van der Waals surface area contributed by atoms with Gasteiger partial charge in [0.15, 0.2) is 0 Å². The molecule has 8 heteroatoms. The maximum absolute atomic E-state index is 11.8. The van der Waals surface area contributed by atoms with Crippen LogP contribution in [0.5, 0.6) is 0 Å². The highest BCUT2D eigenvalue weighted by atomic mass is 16.6. The number of carbonyl (C=O) groups excluding carboxylic acids is 1.